The second kappa shape index (κ2) is 7.29. The minimum Gasteiger partial charge on any atom is -0.368 e. The number of hydrogen-bond acceptors (Lipinski definition) is 4. The summed E-state index contributed by atoms with van der Waals surface area (Å²) >= 11 is 0. The highest BCUT2D eigenvalue weighted by molar-refractivity contribution is 7.90. The van der Waals surface area contributed by atoms with Crippen LogP contribution >= 0.6 is 0 Å². The molecule has 3 fully saturated rings. The molecule has 0 spiro atoms. The number of fused-ring (bicyclic) bond motifs is 1. The summed E-state index contributed by atoms with van der Waals surface area (Å²) in [6, 6.07) is 9.73. The minimum absolute atomic E-state index is 0.0426. The molecule has 1 amide bonds. The molecule has 3 heterocycles. The van der Waals surface area contributed by atoms with Gasteiger partial charge >= 0.3 is 0 Å². The Labute approximate surface area is 155 Å². The van der Waals surface area contributed by atoms with Crippen LogP contribution in [-0.4, -0.2) is 61.1 Å². The van der Waals surface area contributed by atoms with Crippen molar-refractivity contribution in [2.75, 3.05) is 26.2 Å². The molecule has 6 nitrogen and oxygen atoms in total. The lowest BCUT2D eigenvalue weighted by Gasteiger charge is -2.24. The van der Waals surface area contributed by atoms with E-state index in [4.69, 9.17) is 4.74 Å². The average molecular weight is 378 g/mol. The van der Waals surface area contributed by atoms with Crippen molar-refractivity contribution in [3.63, 3.8) is 0 Å². The van der Waals surface area contributed by atoms with Crippen LogP contribution in [-0.2, 0) is 26.1 Å². The SMILES string of the molecule is O=C([C@H]1CCCO1)N1CC[C@@H]2CN(Cc3ccccc3)S(=O)(=O)[C@@H]2CC1. The van der Waals surface area contributed by atoms with Crippen LogP contribution in [0.1, 0.15) is 31.2 Å². The first-order valence-electron chi connectivity index (χ1n) is 9.49. The average Bonchev–Trinajstić information content (AvgIpc) is 3.18. The van der Waals surface area contributed by atoms with Crippen LogP contribution in [0.4, 0.5) is 0 Å². The normalized spacial score (nSPS) is 31.5. The van der Waals surface area contributed by atoms with Gasteiger partial charge in [-0.1, -0.05) is 30.3 Å². The summed E-state index contributed by atoms with van der Waals surface area (Å²) in [6.45, 7) is 2.80. The highest BCUT2D eigenvalue weighted by atomic mass is 32.2. The zero-order valence-corrected chi connectivity index (χ0v) is 15.7. The molecule has 142 valence electrons. The predicted octanol–water partition coefficient (Wildman–Crippen LogP) is 1.62. The van der Waals surface area contributed by atoms with Crippen LogP contribution in [0.15, 0.2) is 30.3 Å². The molecule has 0 aliphatic carbocycles. The summed E-state index contributed by atoms with van der Waals surface area (Å²) in [5.41, 5.74) is 1.02. The van der Waals surface area contributed by atoms with Gasteiger partial charge in [0.2, 0.25) is 10.0 Å². The lowest BCUT2D eigenvalue weighted by atomic mass is 10.0. The lowest BCUT2D eigenvalue weighted by Crippen LogP contribution is -2.40. The van der Waals surface area contributed by atoms with E-state index in [2.05, 4.69) is 0 Å². The molecular weight excluding hydrogens is 352 g/mol. The molecule has 3 aliphatic heterocycles. The van der Waals surface area contributed by atoms with Gasteiger partial charge in [-0.15, -0.1) is 0 Å². The molecule has 3 atom stereocenters. The molecule has 0 unspecified atom stereocenters. The molecule has 3 saturated heterocycles. The molecular formula is C19H26N2O4S. The van der Waals surface area contributed by atoms with E-state index < -0.39 is 10.0 Å². The Morgan fingerprint density at radius 2 is 1.88 bits per heavy atom. The number of carbonyl (C=O) groups is 1. The number of carbonyl (C=O) groups excluding carboxylic acids is 1. The van der Waals surface area contributed by atoms with Crippen LogP contribution in [0.2, 0.25) is 0 Å². The van der Waals surface area contributed by atoms with E-state index in [1.807, 2.05) is 35.2 Å². The Balaban J connectivity index is 1.43. The zero-order chi connectivity index (χ0) is 18.1. The smallest absolute Gasteiger partial charge is 0.251 e. The fraction of sp³-hybridized carbons (Fsp3) is 0.632. The van der Waals surface area contributed by atoms with E-state index in [1.54, 1.807) is 4.31 Å². The highest BCUT2D eigenvalue weighted by Gasteiger charge is 2.47. The summed E-state index contributed by atoms with van der Waals surface area (Å²) in [4.78, 5) is 14.4. The third-order valence-corrected chi connectivity index (χ3v) is 8.26. The number of ether oxygens (including phenoxy) is 1. The van der Waals surface area contributed by atoms with Crippen molar-refractivity contribution >= 4 is 15.9 Å². The number of amides is 1. The van der Waals surface area contributed by atoms with Gasteiger partial charge in [-0.25, -0.2) is 8.42 Å². The second-order valence-corrected chi connectivity index (χ2v) is 9.68. The van der Waals surface area contributed by atoms with E-state index in [0.29, 0.717) is 39.2 Å². The summed E-state index contributed by atoms with van der Waals surface area (Å²) in [5.74, 6) is 0.145. The van der Waals surface area contributed by atoms with Gasteiger partial charge in [-0.05, 0) is 37.2 Å². The standard InChI is InChI=1S/C19H26N2O4S/c22-19(17-7-4-12-25-17)20-10-8-16-14-21(13-15-5-2-1-3-6-15)26(23,24)18(16)9-11-20/h1-3,5-6,16-18H,4,7-14H2/t16-,17-,18-/m1/s1. The molecule has 0 N–H and O–H groups in total. The first-order chi connectivity index (χ1) is 12.6. The largest absolute Gasteiger partial charge is 0.368 e. The number of nitrogens with zero attached hydrogens (tertiary/aromatic N) is 2. The highest BCUT2D eigenvalue weighted by Crippen LogP contribution is 2.35. The van der Waals surface area contributed by atoms with E-state index in [-0.39, 0.29) is 23.2 Å². The van der Waals surface area contributed by atoms with Gasteiger partial charge in [0.25, 0.3) is 5.91 Å². The molecule has 1 aromatic rings. The van der Waals surface area contributed by atoms with Crippen molar-refractivity contribution in [2.24, 2.45) is 5.92 Å². The maximum Gasteiger partial charge on any atom is 0.251 e. The quantitative estimate of drug-likeness (QED) is 0.802. The molecule has 0 aromatic heterocycles. The van der Waals surface area contributed by atoms with Crippen LogP contribution in [0, 0.1) is 5.92 Å². The Morgan fingerprint density at radius 3 is 2.62 bits per heavy atom. The van der Waals surface area contributed by atoms with Gasteiger partial charge in [0.15, 0.2) is 0 Å². The molecule has 4 rings (SSSR count). The van der Waals surface area contributed by atoms with E-state index in [0.717, 1.165) is 24.8 Å². The van der Waals surface area contributed by atoms with Gasteiger partial charge in [-0.3, -0.25) is 4.79 Å². The Hall–Kier alpha value is -1.44. The first-order valence-corrected chi connectivity index (χ1v) is 11.0. The van der Waals surface area contributed by atoms with Crippen LogP contribution in [0.5, 0.6) is 0 Å². The van der Waals surface area contributed by atoms with Gasteiger partial charge in [-0.2, -0.15) is 4.31 Å². The van der Waals surface area contributed by atoms with Gasteiger partial charge in [0.1, 0.15) is 6.10 Å². The van der Waals surface area contributed by atoms with Gasteiger partial charge in [0.05, 0.1) is 5.25 Å². The van der Waals surface area contributed by atoms with Gasteiger partial charge < -0.3 is 9.64 Å². The van der Waals surface area contributed by atoms with Gasteiger partial charge in [0, 0.05) is 32.8 Å². The maximum atomic E-state index is 13.0. The minimum atomic E-state index is -3.31. The summed E-state index contributed by atoms with van der Waals surface area (Å²) in [7, 11) is -3.31. The molecule has 7 heteroatoms. The van der Waals surface area contributed by atoms with Crippen molar-refractivity contribution < 1.29 is 17.9 Å². The van der Waals surface area contributed by atoms with Crippen molar-refractivity contribution in [1.82, 2.24) is 9.21 Å². The molecule has 0 radical (unpaired) electrons. The summed E-state index contributed by atoms with van der Waals surface area (Å²) in [6.07, 6.45) is 2.66. The fourth-order valence-electron chi connectivity index (χ4n) is 4.43. The first kappa shape index (κ1) is 17.9. The Bertz CT molecular complexity index is 746. The predicted molar refractivity (Wildman–Crippen MR) is 97.8 cm³/mol. The lowest BCUT2D eigenvalue weighted by molar-refractivity contribution is -0.140. The summed E-state index contributed by atoms with van der Waals surface area (Å²) < 4.78 is 33.2. The third kappa shape index (κ3) is 3.40. The van der Waals surface area contributed by atoms with Crippen LogP contribution in [0.3, 0.4) is 0 Å². The van der Waals surface area contributed by atoms with E-state index >= 15 is 0 Å². The van der Waals surface area contributed by atoms with Crippen LogP contribution in [0.25, 0.3) is 0 Å². The van der Waals surface area contributed by atoms with Crippen molar-refractivity contribution in [3.05, 3.63) is 35.9 Å². The monoisotopic (exact) mass is 378 g/mol. The fourth-order valence-corrected chi connectivity index (χ4v) is 6.66. The van der Waals surface area contributed by atoms with Crippen molar-refractivity contribution in [1.29, 1.82) is 0 Å². The Morgan fingerprint density at radius 1 is 1.12 bits per heavy atom. The maximum absolute atomic E-state index is 13.0. The van der Waals surface area contributed by atoms with E-state index in [1.165, 1.54) is 0 Å². The third-order valence-electron chi connectivity index (χ3n) is 5.88. The summed E-state index contributed by atoms with van der Waals surface area (Å²) in [5, 5.41) is -0.367. The zero-order valence-electron chi connectivity index (χ0n) is 14.9. The van der Waals surface area contributed by atoms with Crippen LogP contribution < -0.4 is 0 Å². The molecule has 3 aliphatic rings. The molecule has 1 aromatic carbocycles. The Kier molecular flexibility index (Phi) is 5.03. The second-order valence-electron chi connectivity index (χ2n) is 7.53. The molecule has 0 saturated carbocycles. The number of hydrogen-bond donors (Lipinski definition) is 0. The number of benzene rings is 1. The van der Waals surface area contributed by atoms with Crippen molar-refractivity contribution in [2.45, 2.75) is 43.6 Å². The number of sulfonamides is 1. The molecule has 0 bridgehead atoms. The topological polar surface area (TPSA) is 66.9 Å². The number of likely N-dealkylation sites (tertiary alicyclic amines) is 1. The van der Waals surface area contributed by atoms with E-state index in [9.17, 15) is 13.2 Å². The van der Waals surface area contributed by atoms with Crippen molar-refractivity contribution in [3.8, 4) is 0 Å². The molecule has 26 heavy (non-hydrogen) atoms. The number of rotatable bonds is 3.